The summed E-state index contributed by atoms with van der Waals surface area (Å²) in [4.78, 5) is 50.0. The van der Waals surface area contributed by atoms with Gasteiger partial charge in [-0.2, -0.15) is 0 Å². The van der Waals surface area contributed by atoms with Crippen LogP contribution in [-0.4, -0.2) is 77.3 Å². The number of aliphatic hydroxyl groups excluding tert-OH is 1. The van der Waals surface area contributed by atoms with Crippen molar-refractivity contribution in [3.63, 3.8) is 0 Å². The molecule has 9 nitrogen and oxygen atoms in total. The van der Waals surface area contributed by atoms with Gasteiger partial charge in [0.1, 0.15) is 17.4 Å². The molecule has 6 rings (SSSR count). The summed E-state index contributed by atoms with van der Waals surface area (Å²) in [7, 11) is 0. The standard InChI is InChI=1S/C38H47N3O6/c1-7-37-18-10-20-39(27-14-16-29(17-15-27)46-8-2)34(43)30(37)31-35(44)41(28(23-42)22-24(3)4)33-36(45)40(21-11-19-38(31,33)47-37)32-25(5)12-9-13-26(32)6/h9-19,24,28,30-31,33,42H,7-8,20-23H2,1-6H3/t28-,30-,31+,33?,37+,38+/m1/s1. The summed E-state index contributed by atoms with van der Waals surface area (Å²) < 4.78 is 12.8. The van der Waals surface area contributed by atoms with E-state index in [2.05, 4.69) is 0 Å². The van der Waals surface area contributed by atoms with Gasteiger partial charge in [0.25, 0.3) is 5.91 Å². The second-order valence-electron chi connectivity index (χ2n) is 13.7. The van der Waals surface area contributed by atoms with Crippen molar-refractivity contribution in [1.29, 1.82) is 0 Å². The Bertz CT molecular complexity index is 1580. The van der Waals surface area contributed by atoms with Gasteiger partial charge in [0.2, 0.25) is 11.8 Å². The van der Waals surface area contributed by atoms with Gasteiger partial charge in [0.05, 0.1) is 36.7 Å². The van der Waals surface area contributed by atoms with E-state index in [4.69, 9.17) is 9.47 Å². The van der Waals surface area contributed by atoms with E-state index < -0.39 is 35.1 Å². The van der Waals surface area contributed by atoms with Gasteiger partial charge in [-0.15, -0.1) is 0 Å². The summed E-state index contributed by atoms with van der Waals surface area (Å²) >= 11 is 0. The number of anilines is 2. The minimum atomic E-state index is -1.41. The maximum absolute atomic E-state index is 15.1. The summed E-state index contributed by atoms with van der Waals surface area (Å²) in [6.07, 6.45) is 8.61. The second-order valence-corrected chi connectivity index (χ2v) is 13.7. The Hall–Kier alpha value is -3.95. The average Bonchev–Trinajstić information content (AvgIpc) is 3.34. The molecule has 1 unspecified atom stereocenters. The molecular formula is C38H47N3O6. The Labute approximate surface area is 277 Å². The number of fused-ring (bicyclic) bond motifs is 2. The molecule has 47 heavy (non-hydrogen) atoms. The number of aryl methyl sites for hydroxylation is 2. The number of carbonyl (C=O) groups excluding carboxylic acids is 3. The maximum atomic E-state index is 15.1. The van der Waals surface area contributed by atoms with Gasteiger partial charge in [0, 0.05) is 24.5 Å². The predicted molar refractivity (Wildman–Crippen MR) is 181 cm³/mol. The summed E-state index contributed by atoms with van der Waals surface area (Å²) in [5.41, 5.74) is 0.871. The van der Waals surface area contributed by atoms with Crippen molar-refractivity contribution in [1.82, 2.24) is 4.90 Å². The van der Waals surface area contributed by atoms with Crippen LogP contribution in [0.15, 0.2) is 66.8 Å². The summed E-state index contributed by atoms with van der Waals surface area (Å²) in [5.74, 6) is -1.82. The third-order valence-electron chi connectivity index (χ3n) is 10.4. The third-order valence-corrected chi connectivity index (χ3v) is 10.4. The molecule has 1 spiro atoms. The number of hydrogen-bond donors (Lipinski definition) is 1. The van der Waals surface area contributed by atoms with Gasteiger partial charge in [-0.05, 0) is 74.9 Å². The number of hydrogen-bond acceptors (Lipinski definition) is 6. The van der Waals surface area contributed by atoms with Crippen LogP contribution in [0.4, 0.5) is 11.4 Å². The molecule has 4 aliphatic heterocycles. The van der Waals surface area contributed by atoms with E-state index in [-0.39, 0.29) is 30.2 Å². The monoisotopic (exact) mass is 641 g/mol. The highest BCUT2D eigenvalue weighted by Crippen LogP contribution is 2.59. The van der Waals surface area contributed by atoms with Gasteiger partial charge >= 0.3 is 0 Å². The van der Waals surface area contributed by atoms with Gasteiger partial charge < -0.3 is 29.3 Å². The van der Waals surface area contributed by atoms with E-state index >= 15 is 9.59 Å². The van der Waals surface area contributed by atoms with Crippen molar-refractivity contribution in [2.24, 2.45) is 17.8 Å². The molecule has 2 saturated heterocycles. The molecule has 2 fully saturated rings. The number of likely N-dealkylation sites (tertiary alicyclic amines) is 1. The van der Waals surface area contributed by atoms with Crippen LogP contribution in [0.1, 0.15) is 51.7 Å². The van der Waals surface area contributed by atoms with Crippen molar-refractivity contribution in [2.45, 2.75) is 77.7 Å². The first-order valence-corrected chi connectivity index (χ1v) is 16.9. The van der Waals surface area contributed by atoms with Crippen LogP contribution in [0.2, 0.25) is 0 Å². The molecule has 3 amide bonds. The summed E-state index contributed by atoms with van der Waals surface area (Å²) in [5, 5.41) is 10.7. The number of para-hydroxylation sites is 1. The molecule has 2 aromatic carbocycles. The lowest BCUT2D eigenvalue weighted by Crippen LogP contribution is -2.59. The Morgan fingerprint density at radius 1 is 0.894 bits per heavy atom. The van der Waals surface area contributed by atoms with Gasteiger partial charge in [-0.1, -0.05) is 63.3 Å². The van der Waals surface area contributed by atoms with Crippen LogP contribution >= 0.6 is 0 Å². The minimum absolute atomic E-state index is 0.149. The van der Waals surface area contributed by atoms with E-state index in [1.54, 1.807) is 14.7 Å². The molecule has 4 aliphatic rings. The zero-order valence-corrected chi connectivity index (χ0v) is 28.3. The molecule has 250 valence electrons. The Kier molecular flexibility index (Phi) is 8.82. The lowest BCUT2D eigenvalue weighted by atomic mass is 9.73. The van der Waals surface area contributed by atoms with Crippen LogP contribution in [0.3, 0.4) is 0 Å². The molecule has 0 saturated carbocycles. The lowest BCUT2D eigenvalue weighted by molar-refractivity contribution is -0.149. The highest BCUT2D eigenvalue weighted by Gasteiger charge is 2.76. The predicted octanol–water partition coefficient (Wildman–Crippen LogP) is 4.98. The lowest BCUT2D eigenvalue weighted by Gasteiger charge is -2.41. The largest absolute Gasteiger partial charge is 0.494 e. The summed E-state index contributed by atoms with van der Waals surface area (Å²) in [6.45, 7) is 12.7. The van der Waals surface area contributed by atoms with Crippen LogP contribution in [-0.2, 0) is 19.1 Å². The van der Waals surface area contributed by atoms with E-state index in [0.29, 0.717) is 44.0 Å². The second kappa shape index (κ2) is 12.6. The third kappa shape index (κ3) is 5.19. The van der Waals surface area contributed by atoms with Gasteiger partial charge in [0.15, 0.2) is 0 Å². The average molecular weight is 642 g/mol. The molecule has 9 heteroatoms. The van der Waals surface area contributed by atoms with Gasteiger partial charge in [-0.25, -0.2) is 0 Å². The van der Waals surface area contributed by atoms with Crippen LogP contribution < -0.4 is 14.5 Å². The fourth-order valence-corrected chi connectivity index (χ4v) is 8.47. The normalized spacial score (nSPS) is 29.1. The number of nitrogens with zero attached hydrogens (tertiary/aromatic N) is 3. The molecule has 0 bridgehead atoms. The number of ether oxygens (including phenoxy) is 2. The first-order valence-electron chi connectivity index (χ1n) is 16.9. The smallest absolute Gasteiger partial charge is 0.253 e. The molecular weight excluding hydrogens is 594 g/mol. The number of rotatable bonds is 9. The molecule has 0 aromatic heterocycles. The quantitative estimate of drug-likeness (QED) is 0.388. The zero-order chi connectivity index (χ0) is 33.7. The van der Waals surface area contributed by atoms with E-state index in [1.165, 1.54) is 0 Å². The van der Waals surface area contributed by atoms with Crippen molar-refractivity contribution >= 4 is 29.1 Å². The van der Waals surface area contributed by atoms with E-state index in [1.807, 2.05) is 108 Å². The Morgan fingerprint density at radius 2 is 1.55 bits per heavy atom. The first-order chi connectivity index (χ1) is 22.5. The molecule has 0 radical (unpaired) electrons. The highest BCUT2D eigenvalue weighted by molar-refractivity contribution is 6.08. The number of benzene rings is 2. The van der Waals surface area contributed by atoms with Crippen LogP contribution in [0.5, 0.6) is 5.75 Å². The van der Waals surface area contributed by atoms with Crippen molar-refractivity contribution in [2.75, 3.05) is 36.1 Å². The first kappa shape index (κ1) is 33.0. The van der Waals surface area contributed by atoms with Crippen molar-refractivity contribution < 1.29 is 29.0 Å². The SMILES string of the molecule is CCOc1ccc(N2CC=C[C@]3(CC)O[C@]45C=CCN(c6c(C)cccc6C)C(=O)C4N([C@@H](CO)CC(C)C)C(=O)[C@@H]5[C@@H]3C2=O)cc1. The maximum Gasteiger partial charge on any atom is 0.253 e. The van der Waals surface area contributed by atoms with Gasteiger partial charge in [-0.3, -0.25) is 14.4 Å². The Morgan fingerprint density at radius 3 is 2.17 bits per heavy atom. The number of aliphatic hydroxyl groups is 1. The van der Waals surface area contributed by atoms with Crippen LogP contribution in [0, 0.1) is 31.6 Å². The van der Waals surface area contributed by atoms with Crippen molar-refractivity contribution in [3.05, 3.63) is 77.9 Å². The molecule has 6 atom stereocenters. The zero-order valence-electron chi connectivity index (χ0n) is 28.3. The summed E-state index contributed by atoms with van der Waals surface area (Å²) in [6, 6.07) is 11.6. The fraction of sp³-hybridized carbons (Fsp3) is 0.500. The number of amides is 3. The molecule has 4 heterocycles. The van der Waals surface area contributed by atoms with Crippen LogP contribution in [0.25, 0.3) is 0 Å². The molecule has 2 aromatic rings. The van der Waals surface area contributed by atoms with E-state index in [9.17, 15) is 9.90 Å². The molecule has 0 aliphatic carbocycles. The minimum Gasteiger partial charge on any atom is -0.494 e. The highest BCUT2D eigenvalue weighted by atomic mass is 16.5. The molecule has 1 N–H and O–H groups in total. The fourth-order valence-electron chi connectivity index (χ4n) is 8.47. The Balaban J connectivity index is 1.50. The van der Waals surface area contributed by atoms with Crippen molar-refractivity contribution in [3.8, 4) is 5.75 Å². The van der Waals surface area contributed by atoms with E-state index in [0.717, 1.165) is 16.8 Å². The topological polar surface area (TPSA) is 99.6 Å². The number of carbonyl (C=O) groups is 3.